The van der Waals surface area contributed by atoms with Crippen LogP contribution in [0.4, 0.5) is 5.69 Å². The number of para-hydroxylation sites is 1. The summed E-state index contributed by atoms with van der Waals surface area (Å²) in [5.41, 5.74) is -1.49. The van der Waals surface area contributed by atoms with Crippen molar-refractivity contribution in [2.24, 2.45) is 0 Å². The molecule has 1 spiro atoms. The van der Waals surface area contributed by atoms with Crippen molar-refractivity contribution in [1.82, 2.24) is 0 Å². The average Bonchev–Trinajstić information content (AvgIpc) is 3.47. The Morgan fingerprint density at radius 1 is 1.17 bits per heavy atom. The Hall–Kier alpha value is -3.83. The fourth-order valence-electron chi connectivity index (χ4n) is 3.96. The minimum atomic E-state index is -1.93. The van der Waals surface area contributed by atoms with E-state index in [0.717, 1.165) is 7.11 Å². The number of terminal acetylenes is 1. The van der Waals surface area contributed by atoms with Gasteiger partial charge in [0.25, 0.3) is 5.91 Å². The number of hydrogen-bond acceptors (Lipinski definition) is 7. The molecule has 0 aliphatic carbocycles. The molecule has 8 nitrogen and oxygen atoms in total. The molecule has 2 aromatic rings. The minimum absolute atomic E-state index is 0.0472. The Labute approximate surface area is 172 Å². The molecule has 0 radical (unpaired) electrons. The number of esters is 2. The smallest absolute Gasteiger partial charge is 0.338 e. The highest BCUT2D eigenvalue weighted by Gasteiger charge is 2.64. The highest BCUT2D eigenvalue weighted by Crippen LogP contribution is 2.56. The van der Waals surface area contributed by atoms with Crippen LogP contribution >= 0.6 is 0 Å². The van der Waals surface area contributed by atoms with E-state index < -0.39 is 29.6 Å². The number of ether oxygens (including phenoxy) is 3. The number of hydrogen-bond donors (Lipinski definition) is 0. The van der Waals surface area contributed by atoms with Gasteiger partial charge in [0.15, 0.2) is 6.10 Å². The van der Waals surface area contributed by atoms with E-state index in [4.69, 9.17) is 25.1 Å². The summed E-state index contributed by atoms with van der Waals surface area (Å²) in [6.45, 7) is -0.0472. The summed E-state index contributed by atoms with van der Waals surface area (Å²) in [6.07, 6.45) is 5.69. The van der Waals surface area contributed by atoms with E-state index in [1.165, 1.54) is 18.3 Å². The summed E-state index contributed by atoms with van der Waals surface area (Å²) in [5, 5.41) is 0. The van der Waals surface area contributed by atoms with Gasteiger partial charge < -0.3 is 18.6 Å². The molecule has 1 aromatic heterocycles. The maximum Gasteiger partial charge on any atom is 0.338 e. The highest BCUT2D eigenvalue weighted by molar-refractivity contribution is 6.17. The van der Waals surface area contributed by atoms with Crippen LogP contribution in [0.1, 0.15) is 17.4 Å². The summed E-state index contributed by atoms with van der Waals surface area (Å²) >= 11 is 0. The summed E-state index contributed by atoms with van der Waals surface area (Å²) < 4.78 is 21.5. The maximum absolute atomic E-state index is 13.7. The molecule has 152 valence electrons. The van der Waals surface area contributed by atoms with Crippen LogP contribution in [0.3, 0.4) is 0 Å². The third kappa shape index (κ3) is 2.49. The Balaban J connectivity index is 2.05. The van der Waals surface area contributed by atoms with E-state index in [1.807, 2.05) is 0 Å². The molecular formula is C22H17NO7. The fraction of sp³-hybridized carbons (Fsp3) is 0.227. The molecule has 1 aromatic carbocycles. The number of anilines is 1. The van der Waals surface area contributed by atoms with Crippen LogP contribution in [0.25, 0.3) is 0 Å². The third-order valence-corrected chi connectivity index (χ3v) is 5.14. The van der Waals surface area contributed by atoms with Crippen LogP contribution < -0.4 is 4.90 Å². The second kappa shape index (κ2) is 7.21. The fourth-order valence-corrected chi connectivity index (χ4v) is 3.96. The lowest BCUT2D eigenvalue weighted by Crippen LogP contribution is -2.44. The van der Waals surface area contributed by atoms with Crippen molar-refractivity contribution in [3.05, 3.63) is 65.1 Å². The lowest BCUT2D eigenvalue weighted by molar-refractivity contribution is -0.149. The quantitative estimate of drug-likeness (QED) is 0.564. The van der Waals surface area contributed by atoms with Crippen LogP contribution in [-0.2, 0) is 34.2 Å². The molecule has 3 heterocycles. The summed E-state index contributed by atoms with van der Waals surface area (Å²) in [6, 6.07) is 9.94. The predicted molar refractivity (Wildman–Crippen MR) is 103 cm³/mol. The maximum atomic E-state index is 13.7. The van der Waals surface area contributed by atoms with Gasteiger partial charge in [-0.25, -0.2) is 9.59 Å². The Morgan fingerprint density at radius 3 is 2.53 bits per heavy atom. The molecule has 0 bridgehead atoms. The first-order chi connectivity index (χ1) is 14.5. The first kappa shape index (κ1) is 19.5. The molecule has 2 atom stereocenters. The SMILES string of the molecule is C#CCN1C(=O)[C@@]2(O[C@@H](c3ccco3)C(C(=O)OC)=C2C(=O)OC)c2ccccc21. The van der Waals surface area contributed by atoms with Crippen molar-refractivity contribution in [2.75, 3.05) is 25.7 Å². The number of benzene rings is 1. The van der Waals surface area contributed by atoms with E-state index in [2.05, 4.69) is 5.92 Å². The van der Waals surface area contributed by atoms with Gasteiger partial charge in [0, 0.05) is 5.56 Å². The van der Waals surface area contributed by atoms with Gasteiger partial charge in [-0.15, -0.1) is 6.42 Å². The topological polar surface area (TPSA) is 95.3 Å². The average molecular weight is 407 g/mol. The first-order valence-corrected chi connectivity index (χ1v) is 8.98. The zero-order chi connectivity index (χ0) is 21.5. The Bertz CT molecular complexity index is 1110. The van der Waals surface area contributed by atoms with Crippen molar-refractivity contribution in [3.8, 4) is 12.3 Å². The van der Waals surface area contributed by atoms with Gasteiger partial charge in [0.2, 0.25) is 5.60 Å². The molecule has 0 fully saturated rings. The summed E-state index contributed by atoms with van der Waals surface area (Å²) in [5.74, 6) is 0.336. The molecule has 4 rings (SSSR count). The lowest BCUT2D eigenvalue weighted by Gasteiger charge is -2.26. The van der Waals surface area contributed by atoms with Gasteiger partial charge in [-0.05, 0) is 18.2 Å². The van der Waals surface area contributed by atoms with E-state index in [1.54, 1.807) is 36.4 Å². The Morgan fingerprint density at radius 2 is 1.90 bits per heavy atom. The number of nitrogens with zero attached hydrogens (tertiary/aromatic N) is 1. The molecule has 2 aliphatic heterocycles. The van der Waals surface area contributed by atoms with Crippen LogP contribution in [0.2, 0.25) is 0 Å². The van der Waals surface area contributed by atoms with Crippen LogP contribution in [0.5, 0.6) is 0 Å². The number of carbonyl (C=O) groups excluding carboxylic acids is 3. The zero-order valence-corrected chi connectivity index (χ0v) is 16.2. The van der Waals surface area contributed by atoms with Crippen molar-refractivity contribution in [3.63, 3.8) is 0 Å². The third-order valence-electron chi connectivity index (χ3n) is 5.14. The molecule has 1 amide bonds. The highest BCUT2D eigenvalue weighted by atomic mass is 16.6. The van der Waals surface area contributed by atoms with Crippen LogP contribution in [0, 0.1) is 12.3 Å². The van der Waals surface area contributed by atoms with E-state index in [9.17, 15) is 14.4 Å². The molecule has 30 heavy (non-hydrogen) atoms. The number of amides is 1. The lowest BCUT2D eigenvalue weighted by atomic mass is 9.85. The van der Waals surface area contributed by atoms with Crippen molar-refractivity contribution < 1.29 is 33.0 Å². The van der Waals surface area contributed by atoms with Crippen molar-refractivity contribution in [1.29, 1.82) is 0 Å². The van der Waals surface area contributed by atoms with E-state index in [-0.39, 0.29) is 23.5 Å². The van der Waals surface area contributed by atoms with Crippen molar-refractivity contribution in [2.45, 2.75) is 11.7 Å². The summed E-state index contributed by atoms with van der Waals surface area (Å²) in [4.78, 5) is 40.7. The van der Waals surface area contributed by atoms with E-state index in [0.29, 0.717) is 11.3 Å². The second-order valence-corrected chi connectivity index (χ2v) is 6.58. The van der Waals surface area contributed by atoms with Crippen LogP contribution in [-0.4, -0.2) is 38.6 Å². The molecule has 0 saturated carbocycles. The molecular weight excluding hydrogens is 390 g/mol. The number of carbonyl (C=O) groups is 3. The van der Waals surface area contributed by atoms with E-state index >= 15 is 0 Å². The standard InChI is InChI=1S/C22H17NO7/c1-4-11-23-14-9-6-5-8-13(14)22(21(23)26)17(20(25)28-3)16(19(24)27-2)18(30-22)15-10-7-12-29-15/h1,5-10,12,18H,11H2,2-3H3/t18-,22+/m0/s1. The van der Waals surface area contributed by atoms with Crippen molar-refractivity contribution >= 4 is 23.5 Å². The molecule has 0 N–H and O–H groups in total. The van der Waals surface area contributed by atoms with Gasteiger partial charge in [-0.2, -0.15) is 0 Å². The molecule has 0 saturated heterocycles. The number of fused-ring (bicyclic) bond motifs is 2. The predicted octanol–water partition coefficient (Wildman–Crippen LogP) is 1.87. The van der Waals surface area contributed by atoms with Gasteiger partial charge in [0.1, 0.15) is 5.76 Å². The zero-order valence-electron chi connectivity index (χ0n) is 16.2. The summed E-state index contributed by atoms with van der Waals surface area (Å²) in [7, 11) is 2.33. The molecule has 2 aliphatic rings. The Kier molecular flexibility index (Phi) is 4.68. The number of rotatable bonds is 4. The normalized spacial score (nSPS) is 22.2. The largest absolute Gasteiger partial charge is 0.466 e. The van der Waals surface area contributed by atoms with Gasteiger partial charge >= 0.3 is 11.9 Å². The second-order valence-electron chi connectivity index (χ2n) is 6.58. The molecule has 0 unspecified atom stereocenters. The van der Waals surface area contributed by atoms with Gasteiger partial charge in [-0.3, -0.25) is 9.69 Å². The monoisotopic (exact) mass is 407 g/mol. The molecule has 8 heteroatoms. The number of furan rings is 1. The number of methoxy groups -OCH3 is 2. The van der Waals surface area contributed by atoms with Gasteiger partial charge in [-0.1, -0.05) is 24.1 Å². The first-order valence-electron chi connectivity index (χ1n) is 8.98. The van der Waals surface area contributed by atoms with Crippen LogP contribution in [0.15, 0.2) is 58.2 Å². The minimum Gasteiger partial charge on any atom is -0.466 e. The van der Waals surface area contributed by atoms with Gasteiger partial charge in [0.05, 0.1) is 43.9 Å².